The van der Waals surface area contributed by atoms with Gasteiger partial charge in [0.2, 0.25) is 0 Å². The second-order valence-corrected chi connectivity index (χ2v) is 4.65. The summed E-state index contributed by atoms with van der Waals surface area (Å²) in [7, 11) is 1.62. The predicted octanol–water partition coefficient (Wildman–Crippen LogP) is 0.645. The number of morpholine rings is 1. The van der Waals surface area contributed by atoms with Crippen LogP contribution in [0.1, 0.15) is 13.8 Å². The molecule has 1 atom stereocenters. The van der Waals surface area contributed by atoms with Gasteiger partial charge in [0.15, 0.2) is 5.60 Å². The predicted molar refractivity (Wildman–Crippen MR) is 64.2 cm³/mol. The molecule has 4 nitrogen and oxygen atoms in total. The Morgan fingerprint density at radius 2 is 2.38 bits per heavy atom. The third-order valence-electron chi connectivity index (χ3n) is 2.79. The first-order valence-electron chi connectivity index (χ1n) is 5.76. The summed E-state index contributed by atoms with van der Waals surface area (Å²) in [5.74, 6) is 0.473. The Morgan fingerprint density at radius 1 is 1.69 bits per heavy atom. The van der Waals surface area contributed by atoms with Crippen LogP contribution in [0.2, 0.25) is 0 Å². The number of carbonyl (C=O) groups excluding carboxylic acids is 1. The molecule has 0 aromatic heterocycles. The van der Waals surface area contributed by atoms with Gasteiger partial charge in [-0.25, -0.2) is 0 Å². The summed E-state index contributed by atoms with van der Waals surface area (Å²) in [5.41, 5.74) is -0.873. The zero-order chi connectivity index (χ0) is 12.2. The number of ether oxygens (including phenoxy) is 1. The molecule has 0 spiro atoms. The Labute approximate surface area is 97.6 Å². The molecule has 0 unspecified atom stereocenters. The van der Waals surface area contributed by atoms with Gasteiger partial charge in [0.25, 0.3) is 5.91 Å². The normalized spacial score (nSPS) is 26.8. The molecular weight excluding hydrogens is 204 g/mol. The Hall–Kier alpha value is -0.870. The molecule has 1 aliphatic heterocycles. The van der Waals surface area contributed by atoms with Crippen molar-refractivity contribution in [2.75, 3.05) is 33.3 Å². The van der Waals surface area contributed by atoms with Crippen LogP contribution in [0.25, 0.3) is 0 Å². The quantitative estimate of drug-likeness (QED) is 0.715. The largest absolute Gasteiger partial charge is 0.358 e. The van der Waals surface area contributed by atoms with Gasteiger partial charge < -0.3 is 10.1 Å². The van der Waals surface area contributed by atoms with E-state index in [-0.39, 0.29) is 5.91 Å². The highest BCUT2D eigenvalue weighted by molar-refractivity contribution is 5.87. The molecule has 16 heavy (non-hydrogen) atoms. The lowest BCUT2D eigenvalue weighted by Gasteiger charge is -2.40. The summed E-state index contributed by atoms with van der Waals surface area (Å²) >= 11 is 0. The van der Waals surface area contributed by atoms with Crippen molar-refractivity contribution >= 4 is 5.91 Å². The second kappa shape index (κ2) is 5.46. The molecule has 0 bridgehead atoms. The standard InChI is InChI=1S/C12H22N2O2/c1-5-12(11(15)13-4)9-14(6-7-16-12)8-10(2)3/h5,10H,1,6-9H2,2-4H3,(H,13,15)/t12-/m0/s1. The lowest BCUT2D eigenvalue weighted by atomic mass is 9.99. The van der Waals surface area contributed by atoms with Gasteiger partial charge >= 0.3 is 0 Å². The molecule has 0 aromatic carbocycles. The fourth-order valence-electron chi connectivity index (χ4n) is 2.05. The van der Waals surface area contributed by atoms with Crippen molar-refractivity contribution in [2.24, 2.45) is 5.92 Å². The second-order valence-electron chi connectivity index (χ2n) is 4.65. The van der Waals surface area contributed by atoms with E-state index in [0.717, 1.165) is 13.1 Å². The van der Waals surface area contributed by atoms with E-state index in [0.29, 0.717) is 19.1 Å². The number of nitrogens with zero attached hydrogens (tertiary/aromatic N) is 1. The molecule has 1 aliphatic rings. The van der Waals surface area contributed by atoms with Crippen molar-refractivity contribution in [1.82, 2.24) is 10.2 Å². The summed E-state index contributed by atoms with van der Waals surface area (Å²) < 4.78 is 5.61. The van der Waals surface area contributed by atoms with Crippen molar-refractivity contribution in [2.45, 2.75) is 19.4 Å². The summed E-state index contributed by atoms with van der Waals surface area (Å²) in [6, 6.07) is 0. The highest BCUT2D eigenvalue weighted by atomic mass is 16.5. The average Bonchev–Trinajstić information content (AvgIpc) is 2.27. The molecule has 1 rings (SSSR count). The maximum Gasteiger partial charge on any atom is 0.257 e. The van der Waals surface area contributed by atoms with E-state index in [2.05, 4.69) is 30.6 Å². The van der Waals surface area contributed by atoms with Gasteiger partial charge in [-0.1, -0.05) is 20.4 Å². The van der Waals surface area contributed by atoms with Gasteiger partial charge in [-0.15, -0.1) is 0 Å². The minimum atomic E-state index is -0.873. The van der Waals surface area contributed by atoms with Crippen molar-refractivity contribution < 1.29 is 9.53 Å². The third-order valence-corrected chi connectivity index (χ3v) is 2.79. The molecule has 0 aromatic rings. The first-order chi connectivity index (χ1) is 7.54. The maximum absolute atomic E-state index is 11.8. The Balaban J connectivity index is 2.72. The molecule has 1 fully saturated rings. The van der Waals surface area contributed by atoms with Crippen molar-refractivity contribution in [3.63, 3.8) is 0 Å². The zero-order valence-electron chi connectivity index (χ0n) is 10.5. The molecular formula is C12H22N2O2. The van der Waals surface area contributed by atoms with E-state index >= 15 is 0 Å². The summed E-state index contributed by atoms with van der Waals surface area (Å²) in [4.78, 5) is 14.1. The van der Waals surface area contributed by atoms with Gasteiger partial charge in [0, 0.05) is 26.7 Å². The average molecular weight is 226 g/mol. The van der Waals surface area contributed by atoms with Gasteiger partial charge in [-0.05, 0) is 12.0 Å². The summed E-state index contributed by atoms with van der Waals surface area (Å²) in [6.45, 7) is 11.1. The van der Waals surface area contributed by atoms with E-state index in [1.165, 1.54) is 0 Å². The van der Waals surface area contributed by atoms with Crippen molar-refractivity contribution in [1.29, 1.82) is 0 Å². The molecule has 0 aliphatic carbocycles. The SMILES string of the molecule is C=C[C@@]1(C(=O)NC)CN(CC(C)C)CCO1. The number of amides is 1. The summed E-state index contributed by atoms with van der Waals surface area (Å²) in [5, 5.41) is 2.64. The molecule has 1 amide bonds. The van der Waals surface area contributed by atoms with Crippen LogP contribution >= 0.6 is 0 Å². The number of rotatable bonds is 4. The highest BCUT2D eigenvalue weighted by Gasteiger charge is 2.40. The Bertz CT molecular complexity index is 266. The Morgan fingerprint density at radius 3 is 2.88 bits per heavy atom. The molecule has 0 radical (unpaired) electrons. The van der Waals surface area contributed by atoms with Crippen LogP contribution in [0.15, 0.2) is 12.7 Å². The van der Waals surface area contributed by atoms with Gasteiger partial charge in [-0.2, -0.15) is 0 Å². The topological polar surface area (TPSA) is 41.6 Å². The lowest BCUT2D eigenvalue weighted by Crippen LogP contribution is -2.58. The number of hydrogen-bond donors (Lipinski definition) is 1. The number of hydrogen-bond acceptors (Lipinski definition) is 3. The number of nitrogens with one attached hydrogen (secondary N) is 1. The minimum absolute atomic E-state index is 0.115. The van der Waals surface area contributed by atoms with Crippen molar-refractivity contribution in [3.8, 4) is 0 Å². The van der Waals surface area contributed by atoms with Crippen LogP contribution in [0, 0.1) is 5.92 Å². The number of likely N-dealkylation sites (N-methyl/N-ethyl adjacent to an activating group) is 1. The first-order valence-corrected chi connectivity index (χ1v) is 5.76. The van der Waals surface area contributed by atoms with Gasteiger partial charge in [0.1, 0.15) is 0 Å². The van der Waals surface area contributed by atoms with E-state index in [4.69, 9.17) is 4.74 Å². The van der Waals surface area contributed by atoms with Crippen LogP contribution < -0.4 is 5.32 Å². The van der Waals surface area contributed by atoms with Crippen LogP contribution in [-0.2, 0) is 9.53 Å². The molecule has 1 heterocycles. The smallest absolute Gasteiger partial charge is 0.257 e. The molecule has 0 saturated carbocycles. The van der Waals surface area contributed by atoms with Crippen LogP contribution in [0.5, 0.6) is 0 Å². The fraction of sp³-hybridized carbons (Fsp3) is 0.750. The summed E-state index contributed by atoms with van der Waals surface area (Å²) in [6.07, 6.45) is 1.61. The molecule has 4 heteroatoms. The van der Waals surface area contributed by atoms with Crippen LogP contribution in [-0.4, -0.2) is 49.7 Å². The van der Waals surface area contributed by atoms with Gasteiger partial charge in [-0.3, -0.25) is 9.69 Å². The van der Waals surface area contributed by atoms with E-state index < -0.39 is 5.60 Å². The van der Waals surface area contributed by atoms with Crippen LogP contribution in [0.3, 0.4) is 0 Å². The molecule has 92 valence electrons. The van der Waals surface area contributed by atoms with Crippen LogP contribution in [0.4, 0.5) is 0 Å². The Kier molecular flexibility index (Phi) is 4.50. The molecule has 1 saturated heterocycles. The lowest BCUT2D eigenvalue weighted by molar-refractivity contribution is -0.150. The maximum atomic E-state index is 11.8. The first kappa shape index (κ1) is 13.2. The van der Waals surface area contributed by atoms with Gasteiger partial charge in [0.05, 0.1) is 6.61 Å². The van der Waals surface area contributed by atoms with E-state index in [9.17, 15) is 4.79 Å². The molecule has 1 N–H and O–H groups in total. The van der Waals surface area contributed by atoms with E-state index in [1.54, 1.807) is 13.1 Å². The minimum Gasteiger partial charge on any atom is -0.358 e. The third kappa shape index (κ3) is 2.83. The van der Waals surface area contributed by atoms with Crippen molar-refractivity contribution in [3.05, 3.63) is 12.7 Å². The zero-order valence-corrected chi connectivity index (χ0v) is 10.5. The number of carbonyl (C=O) groups is 1. The monoisotopic (exact) mass is 226 g/mol. The van der Waals surface area contributed by atoms with E-state index in [1.807, 2.05) is 0 Å². The highest BCUT2D eigenvalue weighted by Crippen LogP contribution is 2.20. The fourth-order valence-corrected chi connectivity index (χ4v) is 2.05.